The van der Waals surface area contributed by atoms with Crippen LogP contribution in [0, 0.1) is 3.70 Å². The predicted molar refractivity (Wildman–Crippen MR) is 136 cm³/mol. The second-order valence-electron chi connectivity index (χ2n) is 8.84. The minimum Gasteiger partial charge on any atom is -0.377 e. The average molecular weight is 574 g/mol. The lowest BCUT2D eigenvalue weighted by Crippen LogP contribution is -2.44. The zero-order chi connectivity index (χ0) is 23.2. The maximum absolute atomic E-state index is 6.04. The summed E-state index contributed by atoms with van der Waals surface area (Å²) in [5.74, 6) is 1.66. The number of fused-ring (bicyclic) bond motifs is 1. The fraction of sp³-hybridized carbons (Fsp3) is 0.478. The Balaban J connectivity index is 1.57. The summed E-state index contributed by atoms with van der Waals surface area (Å²) in [5, 5.41) is 14.1. The van der Waals surface area contributed by atoms with E-state index in [1.54, 1.807) is 0 Å². The van der Waals surface area contributed by atoms with E-state index in [9.17, 15) is 0 Å². The van der Waals surface area contributed by atoms with Gasteiger partial charge in [0.05, 0.1) is 24.9 Å². The Kier molecular flexibility index (Phi) is 5.77. The number of hydrogen-bond acceptors (Lipinski definition) is 7. The van der Waals surface area contributed by atoms with E-state index in [-0.39, 0.29) is 12.3 Å². The van der Waals surface area contributed by atoms with Gasteiger partial charge in [-0.15, -0.1) is 5.10 Å². The first kappa shape index (κ1) is 22.0. The molecule has 0 amide bonds. The molecule has 4 aromatic rings. The first-order chi connectivity index (χ1) is 16.6. The number of hydrogen-bond donors (Lipinski definition) is 0. The number of rotatable bonds is 4. The number of aromatic nitrogens is 7. The summed E-state index contributed by atoms with van der Waals surface area (Å²) in [6.07, 6.45) is 6.72. The Bertz CT molecular complexity index is 1320. The molecular weight excluding hydrogens is 547 g/mol. The predicted octanol–water partition coefficient (Wildman–Crippen LogP) is 3.52. The van der Waals surface area contributed by atoms with Crippen molar-refractivity contribution in [2.24, 2.45) is 7.05 Å². The van der Waals surface area contributed by atoms with E-state index in [1.165, 1.54) is 0 Å². The summed E-state index contributed by atoms with van der Waals surface area (Å²) in [7, 11) is 1.96. The van der Waals surface area contributed by atoms with Crippen LogP contribution in [0.3, 0.4) is 0 Å². The Morgan fingerprint density at radius 2 is 1.94 bits per heavy atom. The van der Waals surface area contributed by atoms with Gasteiger partial charge in [0, 0.05) is 38.2 Å². The van der Waals surface area contributed by atoms with Crippen LogP contribution >= 0.6 is 22.6 Å². The van der Waals surface area contributed by atoms with Crippen LogP contribution in [0.25, 0.3) is 28.3 Å². The smallest absolute Gasteiger partial charge is 0.181 e. The lowest BCUT2D eigenvalue weighted by molar-refractivity contribution is -0.0384. The third kappa shape index (κ3) is 3.69. The van der Waals surface area contributed by atoms with Crippen LogP contribution in [0.2, 0.25) is 0 Å². The number of nitrogens with zero attached hydrogens (tertiary/aromatic N) is 8. The van der Waals surface area contributed by atoms with Crippen LogP contribution in [-0.2, 0) is 16.5 Å². The molecule has 11 heteroatoms. The molecule has 1 unspecified atom stereocenters. The molecule has 178 valence electrons. The molecule has 0 aromatic carbocycles. The Labute approximate surface area is 211 Å². The number of anilines is 1. The molecule has 2 aliphatic rings. The van der Waals surface area contributed by atoms with Gasteiger partial charge in [0.2, 0.25) is 0 Å². The van der Waals surface area contributed by atoms with E-state index < -0.39 is 0 Å². The van der Waals surface area contributed by atoms with Crippen molar-refractivity contribution in [1.82, 2.24) is 34.2 Å². The van der Waals surface area contributed by atoms with Crippen LogP contribution in [0.1, 0.15) is 32.4 Å². The second kappa shape index (κ2) is 8.93. The maximum Gasteiger partial charge on any atom is 0.181 e. The van der Waals surface area contributed by atoms with E-state index in [4.69, 9.17) is 19.6 Å². The summed E-state index contributed by atoms with van der Waals surface area (Å²) in [6.45, 7) is 5.08. The van der Waals surface area contributed by atoms with Crippen molar-refractivity contribution in [3.05, 3.63) is 34.3 Å². The van der Waals surface area contributed by atoms with Gasteiger partial charge in [-0.2, -0.15) is 10.2 Å². The molecule has 10 nitrogen and oxygen atoms in total. The van der Waals surface area contributed by atoms with E-state index in [1.807, 2.05) is 45.5 Å². The second-order valence-corrected chi connectivity index (χ2v) is 9.86. The Morgan fingerprint density at radius 1 is 1.09 bits per heavy atom. The van der Waals surface area contributed by atoms with Gasteiger partial charge in [-0.25, -0.2) is 14.2 Å². The van der Waals surface area contributed by atoms with Crippen molar-refractivity contribution in [3.8, 4) is 22.8 Å². The molecule has 2 fully saturated rings. The zero-order valence-electron chi connectivity index (χ0n) is 19.3. The summed E-state index contributed by atoms with van der Waals surface area (Å²) in [6, 6.07) is 6.41. The van der Waals surface area contributed by atoms with Crippen molar-refractivity contribution in [2.75, 3.05) is 31.3 Å². The van der Waals surface area contributed by atoms with Gasteiger partial charge in [0.1, 0.15) is 14.9 Å². The standard InChI is InChI=1S/C23H27IN8O2/c1-15-14-33-12-10-30(15)19-13-16(17-6-8-25-29(17)2)21-22(24)27-23(32(21)28-19)18-7-9-26-31(18)20-5-3-4-11-34-20/h6-9,13,15,20H,3-5,10-12,14H2,1-2H3/t15-,20?/m1/s1. The maximum atomic E-state index is 6.04. The van der Waals surface area contributed by atoms with Crippen LogP contribution in [0.15, 0.2) is 30.6 Å². The minimum atomic E-state index is -0.0808. The minimum absolute atomic E-state index is 0.0808. The number of ether oxygens (including phenoxy) is 2. The molecule has 0 spiro atoms. The molecular formula is C23H27IN8O2. The van der Waals surface area contributed by atoms with Gasteiger partial charge in [-0.1, -0.05) is 0 Å². The third-order valence-corrected chi connectivity index (χ3v) is 7.38. The fourth-order valence-corrected chi connectivity index (χ4v) is 5.63. The largest absolute Gasteiger partial charge is 0.377 e. The first-order valence-corrected chi connectivity index (χ1v) is 12.8. The molecule has 6 rings (SSSR count). The highest BCUT2D eigenvalue weighted by molar-refractivity contribution is 14.1. The quantitative estimate of drug-likeness (QED) is 0.345. The number of halogens is 1. The van der Waals surface area contributed by atoms with Crippen LogP contribution < -0.4 is 4.90 Å². The molecule has 2 atom stereocenters. The van der Waals surface area contributed by atoms with Crippen molar-refractivity contribution in [3.63, 3.8) is 0 Å². The summed E-state index contributed by atoms with van der Waals surface area (Å²) >= 11 is 2.31. The molecule has 34 heavy (non-hydrogen) atoms. The Morgan fingerprint density at radius 3 is 2.71 bits per heavy atom. The van der Waals surface area contributed by atoms with Gasteiger partial charge in [0.25, 0.3) is 0 Å². The highest BCUT2D eigenvalue weighted by Crippen LogP contribution is 2.35. The van der Waals surface area contributed by atoms with Crippen molar-refractivity contribution < 1.29 is 9.47 Å². The van der Waals surface area contributed by atoms with E-state index in [2.05, 4.69) is 50.7 Å². The molecule has 0 bridgehead atoms. The van der Waals surface area contributed by atoms with Crippen molar-refractivity contribution >= 4 is 33.9 Å². The summed E-state index contributed by atoms with van der Waals surface area (Å²) < 4.78 is 18.4. The highest BCUT2D eigenvalue weighted by Gasteiger charge is 2.27. The third-order valence-electron chi connectivity index (χ3n) is 6.63. The Hall–Kier alpha value is -2.51. The van der Waals surface area contributed by atoms with Crippen molar-refractivity contribution in [2.45, 2.75) is 38.5 Å². The average Bonchev–Trinajstić information content (AvgIpc) is 3.58. The van der Waals surface area contributed by atoms with E-state index in [0.717, 1.165) is 70.2 Å². The zero-order valence-corrected chi connectivity index (χ0v) is 21.4. The molecule has 0 radical (unpaired) electrons. The molecule has 6 heterocycles. The SMILES string of the molecule is C[C@@H]1COCCN1c1cc(-c2ccnn2C)c2c(I)nc(-c3ccnn3C3CCCCO3)n2n1. The van der Waals surface area contributed by atoms with Gasteiger partial charge in [-0.05, 0) is 67.0 Å². The summed E-state index contributed by atoms with van der Waals surface area (Å²) in [5.41, 5.74) is 3.93. The highest BCUT2D eigenvalue weighted by atomic mass is 127. The van der Waals surface area contributed by atoms with Gasteiger partial charge in [-0.3, -0.25) is 4.68 Å². The van der Waals surface area contributed by atoms with Crippen LogP contribution in [0.4, 0.5) is 5.82 Å². The first-order valence-electron chi connectivity index (χ1n) is 11.7. The van der Waals surface area contributed by atoms with Gasteiger partial charge >= 0.3 is 0 Å². The molecule has 2 aliphatic heterocycles. The van der Waals surface area contributed by atoms with E-state index >= 15 is 0 Å². The van der Waals surface area contributed by atoms with Crippen LogP contribution in [0.5, 0.6) is 0 Å². The molecule has 0 saturated carbocycles. The summed E-state index contributed by atoms with van der Waals surface area (Å²) in [4.78, 5) is 7.30. The monoisotopic (exact) mass is 574 g/mol. The lowest BCUT2D eigenvalue weighted by atomic mass is 10.1. The van der Waals surface area contributed by atoms with Gasteiger partial charge in [0.15, 0.2) is 17.9 Å². The molecule has 4 aromatic heterocycles. The van der Waals surface area contributed by atoms with Crippen LogP contribution in [-0.4, -0.2) is 66.6 Å². The lowest BCUT2D eigenvalue weighted by Gasteiger charge is -2.34. The van der Waals surface area contributed by atoms with Crippen molar-refractivity contribution in [1.29, 1.82) is 0 Å². The number of morpholine rings is 1. The molecule has 0 aliphatic carbocycles. The number of imidazole rings is 1. The topological polar surface area (TPSA) is 87.5 Å². The van der Waals surface area contributed by atoms with Gasteiger partial charge < -0.3 is 14.4 Å². The fourth-order valence-electron chi connectivity index (χ4n) is 4.88. The molecule has 2 saturated heterocycles. The van der Waals surface area contributed by atoms with E-state index in [0.29, 0.717) is 13.2 Å². The normalized spacial score (nSPS) is 21.4. The number of aryl methyl sites for hydroxylation is 1. The molecule has 0 N–H and O–H groups in total.